The van der Waals surface area contributed by atoms with Crippen molar-refractivity contribution in [2.24, 2.45) is 16.7 Å². The fourth-order valence-corrected chi connectivity index (χ4v) is 7.72. The molecule has 1 aromatic rings. The number of fused-ring (bicyclic) bond motifs is 4. The molecule has 2 saturated carbocycles. The Morgan fingerprint density at radius 2 is 1.87 bits per heavy atom. The minimum absolute atomic E-state index is 0.0213. The lowest BCUT2D eigenvalue weighted by molar-refractivity contribution is -0.126. The van der Waals surface area contributed by atoms with Gasteiger partial charge in [0.1, 0.15) is 5.75 Å². The van der Waals surface area contributed by atoms with E-state index in [1.807, 2.05) is 24.3 Å². The largest absolute Gasteiger partial charge is 0.508 e. The number of phenolic OH excluding ortho intramolecular Hbond substituents is 1. The van der Waals surface area contributed by atoms with Crippen molar-refractivity contribution in [3.05, 3.63) is 65.3 Å². The summed E-state index contributed by atoms with van der Waals surface area (Å²) in [5.41, 5.74) is 4.44. The Morgan fingerprint density at radius 3 is 2.58 bits per heavy atom. The third-order valence-electron chi connectivity index (χ3n) is 9.65. The van der Waals surface area contributed by atoms with Crippen LogP contribution < -0.4 is 0 Å². The first kappa shape index (κ1) is 20.8. The van der Waals surface area contributed by atoms with Crippen LogP contribution in [0.3, 0.4) is 0 Å². The number of carbonyl (C=O) groups excluding carboxylic acids is 1. The number of ketones is 1. The number of aliphatic hydroxyl groups is 1. The Labute approximate surface area is 185 Å². The van der Waals surface area contributed by atoms with E-state index >= 15 is 0 Å². The van der Waals surface area contributed by atoms with Crippen LogP contribution in [0.25, 0.3) is 0 Å². The van der Waals surface area contributed by atoms with Crippen LogP contribution in [0.4, 0.5) is 0 Å². The molecule has 0 radical (unpaired) electrons. The standard InChI is InChI=1S/C28H34O3/c1-4-13-28(31)15-14-26(2)24-12-7-19-16-21(30)10-11-22(19)25(24)23(17-27(26,28)3)18-5-8-20(29)9-6-18/h4-6,8-9,16,23-24,29,31H,1,7,10-15,17H2,2-3H3/t23-,24-,26+,27+,28+/m1/s1. The van der Waals surface area contributed by atoms with E-state index in [-0.39, 0.29) is 28.3 Å². The summed E-state index contributed by atoms with van der Waals surface area (Å²) < 4.78 is 0. The van der Waals surface area contributed by atoms with Gasteiger partial charge in [0, 0.05) is 17.8 Å². The van der Waals surface area contributed by atoms with Gasteiger partial charge < -0.3 is 10.2 Å². The first-order chi connectivity index (χ1) is 14.7. The summed E-state index contributed by atoms with van der Waals surface area (Å²) in [6.45, 7) is 8.68. The molecule has 2 N–H and O–H groups in total. The Kier molecular flexibility index (Phi) is 4.64. The molecule has 0 aromatic heterocycles. The average molecular weight is 419 g/mol. The average Bonchev–Trinajstić information content (AvgIpc) is 2.95. The summed E-state index contributed by atoms with van der Waals surface area (Å²) in [5, 5.41) is 21.8. The molecule has 0 aliphatic heterocycles. The van der Waals surface area contributed by atoms with Crippen LogP contribution in [0.5, 0.6) is 5.75 Å². The smallest absolute Gasteiger partial charge is 0.156 e. The summed E-state index contributed by atoms with van der Waals surface area (Å²) >= 11 is 0. The van der Waals surface area contributed by atoms with Crippen molar-refractivity contribution in [1.82, 2.24) is 0 Å². The van der Waals surface area contributed by atoms with Crippen LogP contribution in [0, 0.1) is 16.7 Å². The van der Waals surface area contributed by atoms with Gasteiger partial charge in [0.25, 0.3) is 0 Å². The molecule has 3 nitrogen and oxygen atoms in total. The zero-order valence-electron chi connectivity index (χ0n) is 18.8. The van der Waals surface area contributed by atoms with Crippen molar-refractivity contribution in [1.29, 1.82) is 0 Å². The van der Waals surface area contributed by atoms with Gasteiger partial charge in [-0.15, -0.1) is 6.58 Å². The molecule has 3 heteroatoms. The van der Waals surface area contributed by atoms with Gasteiger partial charge in [0.05, 0.1) is 5.60 Å². The van der Waals surface area contributed by atoms with Gasteiger partial charge in [-0.25, -0.2) is 0 Å². The highest BCUT2D eigenvalue weighted by Gasteiger charge is 2.68. The second-order valence-corrected chi connectivity index (χ2v) is 10.8. The zero-order valence-corrected chi connectivity index (χ0v) is 18.8. The number of hydrogen-bond acceptors (Lipinski definition) is 3. The molecule has 0 bridgehead atoms. The first-order valence-electron chi connectivity index (χ1n) is 11.8. The SMILES string of the molecule is C=CC[C@]1(O)CC[C@@]2(C)[C@@H]3CCC4=CC(=O)CCC4=C3[C@@H](c3ccc(O)cc3)C[C@]12C. The monoisotopic (exact) mass is 418 g/mol. The Bertz CT molecular complexity index is 1000. The van der Waals surface area contributed by atoms with E-state index in [0.29, 0.717) is 18.8 Å². The van der Waals surface area contributed by atoms with E-state index in [1.165, 1.54) is 22.3 Å². The maximum absolute atomic E-state index is 12.2. The molecule has 2 fully saturated rings. The molecule has 0 spiro atoms. The summed E-state index contributed by atoms with van der Waals surface area (Å²) in [6, 6.07) is 7.65. The minimum Gasteiger partial charge on any atom is -0.508 e. The number of phenols is 1. The third kappa shape index (κ3) is 2.78. The highest BCUT2D eigenvalue weighted by atomic mass is 16.3. The number of rotatable bonds is 3. The van der Waals surface area contributed by atoms with E-state index in [4.69, 9.17) is 0 Å². The van der Waals surface area contributed by atoms with E-state index in [1.54, 1.807) is 12.1 Å². The van der Waals surface area contributed by atoms with Crippen LogP contribution in [0.1, 0.15) is 76.7 Å². The molecular formula is C28H34O3. The molecule has 0 unspecified atom stereocenters. The lowest BCUT2D eigenvalue weighted by Crippen LogP contribution is -2.56. The molecule has 4 aliphatic rings. The van der Waals surface area contributed by atoms with Crippen LogP contribution in [0.15, 0.2) is 59.7 Å². The molecule has 31 heavy (non-hydrogen) atoms. The fourth-order valence-electron chi connectivity index (χ4n) is 7.72. The summed E-state index contributed by atoms with van der Waals surface area (Å²) in [6.07, 6.45) is 10.6. The number of benzene rings is 1. The van der Waals surface area contributed by atoms with E-state index < -0.39 is 5.60 Å². The second kappa shape index (κ2) is 6.93. The van der Waals surface area contributed by atoms with Gasteiger partial charge in [-0.3, -0.25) is 4.79 Å². The molecular weight excluding hydrogens is 384 g/mol. The molecule has 0 heterocycles. The van der Waals surface area contributed by atoms with Crippen molar-refractivity contribution in [2.45, 2.75) is 76.7 Å². The Balaban J connectivity index is 1.72. The summed E-state index contributed by atoms with van der Waals surface area (Å²) in [4.78, 5) is 12.2. The van der Waals surface area contributed by atoms with Gasteiger partial charge in [0.15, 0.2) is 5.78 Å². The van der Waals surface area contributed by atoms with Gasteiger partial charge in [-0.2, -0.15) is 0 Å². The van der Waals surface area contributed by atoms with Gasteiger partial charge in [0.2, 0.25) is 0 Å². The van der Waals surface area contributed by atoms with Crippen LogP contribution in [-0.4, -0.2) is 21.6 Å². The molecule has 1 aromatic carbocycles. The normalized spacial score (nSPS) is 39.5. The van der Waals surface area contributed by atoms with Gasteiger partial charge >= 0.3 is 0 Å². The molecule has 5 atom stereocenters. The van der Waals surface area contributed by atoms with Crippen molar-refractivity contribution >= 4 is 5.78 Å². The summed E-state index contributed by atoms with van der Waals surface area (Å²) in [7, 11) is 0. The fraction of sp³-hybridized carbons (Fsp3) is 0.536. The van der Waals surface area contributed by atoms with Crippen molar-refractivity contribution in [2.75, 3.05) is 0 Å². The minimum atomic E-state index is -0.743. The molecule has 0 saturated heterocycles. The molecule has 5 rings (SSSR count). The second-order valence-electron chi connectivity index (χ2n) is 10.8. The Hall–Kier alpha value is -2.13. The number of hydrogen-bond donors (Lipinski definition) is 2. The number of allylic oxidation sites excluding steroid dienone is 4. The highest BCUT2D eigenvalue weighted by Crippen LogP contribution is 2.73. The zero-order chi connectivity index (χ0) is 22.0. The number of aromatic hydroxyl groups is 1. The summed E-state index contributed by atoms with van der Waals surface area (Å²) in [5.74, 6) is 1.14. The van der Waals surface area contributed by atoms with E-state index in [9.17, 15) is 15.0 Å². The topological polar surface area (TPSA) is 57.5 Å². The van der Waals surface area contributed by atoms with Crippen LogP contribution >= 0.6 is 0 Å². The van der Waals surface area contributed by atoms with E-state index in [0.717, 1.165) is 38.5 Å². The molecule has 0 amide bonds. The third-order valence-corrected chi connectivity index (χ3v) is 9.65. The highest BCUT2D eigenvalue weighted by molar-refractivity contribution is 5.93. The van der Waals surface area contributed by atoms with Crippen molar-refractivity contribution in [3.8, 4) is 5.75 Å². The lowest BCUT2D eigenvalue weighted by atomic mass is 9.45. The first-order valence-corrected chi connectivity index (χ1v) is 11.8. The predicted molar refractivity (Wildman–Crippen MR) is 123 cm³/mol. The maximum atomic E-state index is 12.2. The van der Waals surface area contributed by atoms with Crippen molar-refractivity contribution in [3.63, 3.8) is 0 Å². The van der Waals surface area contributed by atoms with Gasteiger partial charge in [-0.1, -0.05) is 37.6 Å². The van der Waals surface area contributed by atoms with Crippen LogP contribution in [0.2, 0.25) is 0 Å². The quantitative estimate of drug-likeness (QED) is 0.593. The molecule has 4 aliphatic carbocycles. The van der Waals surface area contributed by atoms with Crippen LogP contribution in [-0.2, 0) is 4.79 Å². The predicted octanol–water partition coefficient (Wildman–Crippen LogP) is 5.99. The maximum Gasteiger partial charge on any atom is 0.156 e. The lowest BCUT2D eigenvalue weighted by Gasteiger charge is -2.60. The number of carbonyl (C=O) groups is 1. The van der Waals surface area contributed by atoms with Crippen molar-refractivity contribution < 1.29 is 15.0 Å². The van der Waals surface area contributed by atoms with Gasteiger partial charge in [-0.05, 0) is 91.2 Å². The Morgan fingerprint density at radius 1 is 1.13 bits per heavy atom. The van der Waals surface area contributed by atoms with E-state index in [2.05, 4.69) is 20.4 Å². The molecule has 164 valence electrons.